The average Bonchev–Trinajstić information content (AvgIpc) is 3.08. The van der Waals surface area contributed by atoms with Gasteiger partial charge in [0.25, 0.3) is 0 Å². The van der Waals surface area contributed by atoms with Crippen molar-refractivity contribution in [3.8, 4) is 0 Å². The van der Waals surface area contributed by atoms with Gasteiger partial charge in [0.15, 0.2) is 0 Å². The highest BCUT2D eigenvalue weighted by Crippen LogP contribution is 2.28. The van der Waals surface area contributed by atoms with Crippen LogP contribution in [0.3, 0.4) is 0 Å². The monoisotopic (exact) mass is 266 g/mol. The topological polar surface area (TPSA) is 65.1 Å². The maximum atomic E-state index is 5.59. The fraction of sp³-hybridized carbons (Fsp3) is 0.786. The highest BCUT2D eigenvalue weighted by atomic mass is 16.5. The molecule has 0 saturated heterocycles. The van der Waals surface area contributed by atoms with Crippen LogP contribution in [-0.4, -0.2) is 29.0 Å². The Hall–Kier alpha value is -0.910. The predicted molar refractivity (Wildman–Crippen MR) is 75.7 cm³/mol. The minimum atomic E-state index is 0.235. The van der Waals surface area contributed by atoms with Crippen molar-refractivity contribution in [1.29, 1.82) is 0 Å². The van der Waals surface area contributed by atoms with Crippen molar-refractivity contribution in [3.63, 3.8) is 0 Å². The van der Waals surface area contributed by atoms with E-state index in [0.29, 0.717) is 6.04 Å². The lowest BCUT2D eigenvalue weighted by atomic mass is 10.1. The van der Waals surface area contributed by atoms with E-state index in [1.54, 1.807) is 0 Å². The van der Waals surface area contributed by atoms with Gasteiger partial charge < -0.3 is 4.74 Å². The Kier molecular flexibility index (Phi) is 5.82. The van der Waals surface area contributed by atoms with Crippen LogP contribution >= 0.6 is 0 Å². The first-order chi connectivity index (χ1) is 9.33. The smallest absolute Gasteiger partial charge is 0.0640 e. The van der Waals surface area contributed by atoms with Gasteiger partial charge in [0.2, 0.25) is 0 Å². The molecule has 1 heterocycles. The van der Waals surface area contributed by atoms with Gasteiger partial charge >= 0.3 is 0 Å². The van der Waals surface area contributed by atoms with Crippen molar-refractivity contribution < 1.29 is 4.74 Å². The van der Waals surface area contributed by atoms with Gasteiger partial charge in [0.05, 0.1) is 11.7 Å². The molecule has 19 heavy (non-hydrogen) atoms. The van der Waals surface area contributed by atoms with Crippen LogP contribution in [0.25, 0.3) is 0 Å². The molecule has 1 unspecified atom stereocenters. The summed E-state index contributed by atoms with van der Waals surface area (Å²) in [5.74, 6) is 5.59. The molecule has 5 heteroatoms. The van der Waals surface area contributed by atoms with Crippen molar-refractivity contribution in [3.05, 3.63) is 18.0 Å². The fourth-order valence-electron chi connectivity index (χ4n) is 2.73. The van der Waals surface area contributed by atoms with Gasteiger partial charge in [-0.25, -0.2) is 0 Å². The predicted octanol–water partition coefficient (Wildman–Crippen LogP) is 1.80. The molecule has 108 valence electrons. The first-order valence-electron chi connectivity index (χ1n) is 7.41. The molecule has 1 aromatic rings. The molecule has 1 atom stereocenters. The summed E-state index contributed by atoms with van der Waals surface area (Å²) in [6.07, 6.45) is 9.10. The Morgan fingerprint density at radius 3 is 3.00 bits per heavy atom. The number of nitrogens with two attached hydrogens (primary N) is 1. The molecule has 1 aliphatic carbocycles. The normalized spacial score (nSPS) is 18.0. The van der Waals surface area contributed by atoms with Crippen molar-refractivity contribution in [1.82, 2.24) is 15.2 Å². The molecule has 1 fully saturated rings. The summed E-state index contributed by atoms with van der Waals surface area (Å²) in [4.78, 5) is 0. The molecule has 1 aliphatic rings. The van der Waals surface area contributed by atoms with Gasteiger partial charge in [-0.2, -0.15) is 5.10 Å². The summed E-state index contributed by atoms with van der Waals surface area (Å²) in [6.45, 7) is 3.51. The first kappa shape index (κ1) is 14.5. The summed E-state index contributed by atoms with van der Waals surface area (Å²) in [5.41, 5.74) is 3.98. The number of hydrogen-bond acceptors (Lipinski definition) is 4. The van der Waals surface area contributed by atoms with Gasteiger partial charge in [-0.3, -0.25) is 16.0 Å². The molecule has 1 saturated carbocycles. The lowest BCUT2D eigenvalue weighted by molar-refractivity contribution is 0.136. The number of aromatic nitrogens is 2. The van der Waals surface area contributed by atoms with Crippen LogP contribution in [0.5, 0.6) is 0 Å². The molecule has 0 amide bonds. The zero-order valence-corrected chi connectivity index (χ0v) is 11.8. The van der Waals surface area contributed by atoms with Crippen molar-refractivity contribution in [2.24, 2.45) is 5.84 Å². The number of nitrogens with zero attached hydrogens (tertiary/aromatic N) is 2. The Labute approximate surface area is 115 Å². The number of hydrogen-bond donors (Lipinski definition) is 2. The second-order valence-electron chi connectivity index (χ2n) is 5.28. The van der Waals surface area contributed by atoms with E-state index < -0.39 is 0 Å². The van der Waals surface area contributed by atoms with Crippen molar-refractivity contribution in [2.75, 3.05) is 13.2 Å². The van der Waals surface area contributed by atoms with Gasteiger partial charge in [-0.15, -0.1) is 0 Å². The zero-order valence-electron chi connectivity index (χ0n) is 11.8. The minimum Gasteiger partial charge on any atom is -0.382 e. The van der Waals surface area contributed by atoms with Crippen LogP contribution in [0.4, 0.5) is 0 Å². The van der Waals surface area contributed by atoms with E-state index in [0.717, 1.165) is 31.7 Å². The maximum absolute atomic E-state index is 5.59. The Bertz CT molecular complexity index is 360. The van der Waals surface area contributed by atoms with Gasteiger partial charge in [-0.05, 0) is 32.3 Å². The summed E-state index contributed by atoms with van der Waals surface area (Å²) >= 11 is 0. The van der Waals surface area contributed by atoms with Crippen LogP contribution in [0, 0.1) is 0 Å². The van der Waals surface area contributed by atoms with E-state index in [4.69, 9.17) is 10.6 Å². The second kappa shape index (κ2) is 7.62. The lowest BCUT2D eigenvalue weighted by Crippen LogP contribution is -2.37. The highest BCUT2D eigenvalue weighted by molar-refractivity contribution is 5.02. The van der Waals surface area contributed by atoms with Crippen molar-refractivity contribution >= 4 is 0 Å². The molecule has 0 aromatic carbocycles. The van der Waals surface area contributed by atoms with Gasteiger partial charge in [-0.1, -0.05) is 12.8 Å². The summed E-state index contributed by atoms with van der Waals surface area (Å²) in [5, 5.41) is 4.69. The third-order valence-electron chi connectivity index (χ3n) is 3.87. The van der Waals surface area contributed by atoms with Gasteiger partial charge in [0.1, 0.15) is 0 Å². The van der Waals surface area contributed by atoms with E-state index >= 15 is 0 Å². The summed E-state index contributed by atoms with van der Waals surface area (Å²) in [6, 6.07) is 2.96. The average molecular weight is 266 g/mol. The third-order valence-corrected chi connectivity index (χ3v) is 3.87. The quantitative estimate of drug-likeness (QED) is 0.428. The largest absolute Gasteiger partial charge is 0.382 e. The third kappa shape index (κ3) is 4.30. The Balaban J connectivity index is 1.83. The van der Waals surface area contributed by atoms with E-state index in [1.807, 2.05) is 6.92 Å². The SMILES string of the molecule is CCOCCC(Cc1ccn(C2CCCC2)n1)NN. The van der Waals surface area contributed by atoms with E-state index in [-0.39, 0.29) is 6.04 Å². The van der Waals surface area contributed by atoms with Crippen LogP contribution in [-0.2, 0) is 11.2 Å². The van der Waals surface area contributed by atoms with Crippen LogP contribution in [0.15, 0.2) is 12.3 Å². The number of ether oxygens (including phenoxy) is 1. The van der Waals surface area contributed by atoms with Crippen LogP contribution in [0.1, 0.15) is 50.8 Å². The molecule has 0 aliphatic heterocycles. The van der Waals surface area contributed by atoms with Gasteiger partial charge in [0, 0.05) is 31.9 Å². The van der Waals surface area contributed by atoms with E-state index in [1.165, 1.54) is 25.7 Å². The molecule has 0 spiro atoms. The van der Waals surface area contributed by atoms with Crippen molar-refractivity contribution in [2.45, 2.75) is 57.5 Å². The number of hydrazine groups is 1. The standard InChI is InChI=1S/C14H26N4O/c1-2-19-10-8-12(16-15)11-13-7-9-18(17-13)14-5-3-4-6-14/h7,9,12,14,16H,2-6,8,10-11,15H2,1H3. The number of nitrogens with one attached hydrogen (secondary N) is 1. The molecule has 2 rings (SSSR count). The zero-order chi connectivity index (χ0) is 13.5. The molecule has 0 radical (unpaired) electrons. The Morgan fingerprint density at radius 1 is 1.53 bits per heavy atom. The molecular formula is C14H26N4O. The van der Waals surface area contributed by atoms with E-state index in [9.17, 15) is 0 Å². The lowest BCUT2D eigenvalue weighted by Gasteiger charge is -2.14. The molecule has 0 bridgehead atoms. The highest BCUT2D eigenvalue weighted by Gasteiger charge is 2.18. The number of rotatable bonds is 8. The molecular weight excluding hydrogens is 240 g/mol. The molecule has 5 nitrogen and oxygen atoms in total. The minimum absolute atomic E-state index is 0.235. The fourth-order valence-corrected chi connectivity index (χ4v) is 2.73. The molecule has 1 aromatic heterocycles. The summed E-state index contributed by atoms with van der Waals surface area (Å²) in [7, 11) is 0. The van der Waals surface area contributed by atoms with Crippen LogP contribution < -0.4 is 11.3 Å². The van der Waals surface area contributed by atoms with Crippen LogP contribution in [0.2, 0.25) is 0 Å². The maximum Gasteiger partial charge on any atom is 0.0640 e. The van der Waals surface area contributed by atoms with E-state index in [2.05, 4.69) is 27.5 Å². The second-order valence-corrected chi connectivity index (χ2v) is 5.28. The first-order valence-corrected chi connectivity index (χ1v) is 7.41. The molecule has 3 N–H and O–H groups in total. The Morgan fingerprint density at radius 2 is 2.32 bits per heavy atom. The summed E-state index contributed by atoms with van der Waals surface area (Å²) < 4.78 is 7.51.